The van der Waals surface area contributed by atoms with Crippen LogP contribution in [0.1, 0.15) is 45.1 Å². The SMILES string of the molecule is CC(C)CNCc1ccc2ccn(CC3CCCC3)c2c1. The van der Waals surface area contributed by atoms with E-state index in [2.05, 4.69) is 54.2 Å². The van der Waals surface area contributed by atoms with E-state index in [1.807, 2.05) is 0 Å². The van der Waals surface area contributed by atoms with Crippen molar-refractivity contribution in [1.82, 2.24) is 9.88 Å². The second-order valence-corrected chi connectivity index (χ2v) is 7.04. The van der Waals surface area contributed by atoms with Crippen molar-refractivity contribution in [2.24, 2.45) is 11.8 Å². The van der Waals surface area contributed by atoms with Gasteiger partial charge in [-0.05, 0) is 54.3 Å². The van der Waals surface area contributed by atoms with Crippen LogP contribution in [0.3, 0.4) is 0 Å². The van der Waals surface area contributed by atoms with E-state index in [4.69, 9.17) is 0 Å². The zero-order valence-electron chi connectivity index (χ0n) is 13.4. The van der Waals surface area contributed by atoms with E-state index in [-0.39, 0.29) is 0 Å². The van der Waals surface area contributed by atoms with Gasteiger partial charge in [0.1, 0.15) is 0 Å². The van der Waals surface area contributed by atoms with Gasteiger partial charge in [-0.25, -0.2) is 0 Å². The average molecular weight is 284 g/mol. The molecule has 1 fully saturated rings. The quantitative estimate of drug-likeness (QED) is 0.821. The molecule has 0 unspecified atom stereocenters. The molecule has 114 valence electrons. The average Bonchev–Trinajstić information content (AvgIpc) is 3.09. The number of fused-ring (bicyclic) bond motifs is 1. The Bertz CT molecular complexity index is 576. The predicted molar refractivity (Wildman–Crippen MR) is 90.4 cm³/mol. The van der Waals surface area contributed by atoms with Gasteiger partial charge >= 0.3 is 0 Å². The molecule has 0 aliphatic heterocycles. The summed E-state index contributed by atoms with van der Waals surface area (Å²) in [4.78, 5) is 0. The Morgan fingerprint density at radius 1 is 1.19 bits per heavy atom. The Hall–Kier alpha value is -1.28. The smallest absolute Gasteiger partial charge is 0.0483 e. The monoisotopic (exact) mass is 284 g/mol. The lowest BCUT2D eigenvalue weighted by molar-refractivity contribution is 0.466. The number of nitrogens with one attached hydrogen (secondary N) is 1. The van der Waals surface area contributed by atoms with Crippen LogP contribution in [-0.2, 0) is 13.1 Å². The van der Waals surface area contributed by atoms with Crippen molar-refractivity contribution in [3.8, 4) is 0 Å². The maximum Gasteiger partial charge on any atom is 0.0483 e. The number of rotatable bonds is 6. The third kappa shape index (κ3) is 3.68. The van der Waals surface area contributed by atoms with Gasteiger partial charge < -0.3 is 9.88 Å². The summed E-state index contributed by atoms with van der Waals surface area (Å²) in [6.07, 6.45) is 7.95. The fourth-order valence-corrected chi connectivity index (χ4v) is 3.47. The molecule has 1 N–H and O–H groups in total. The lowest BCUT2D eigenvalue weighted by Crippen LogP contribution is -2.18. The van der Waals surface area contributed by atoms with E-state index >= 15 is 0 Å². The summed E-state index contributed by atoms with van der Waals surface area (Å²) in [6.45, 7) is 7.77. The molecule has 0 amide bonds. The highest BCUT2D eigenvalue weighted by Crippen LogP contribution is 2.28. The summed E-state index contributed by atoms with van der Waals surface area (Å²) < 4.78 is 2.47. The third-order valence-corrected chi connectivity index (χ3v) is 4.65. The molecule has 2 nitrogen and oxygen atoms in total. The summed E-state index contributed by atoms with van der Waals surface area (Å²) in [5, 5.41) is 4.92. The fourth-order valence-electron chi connectivity index (χ4n) is 3.47. The molecule has 3 rings (SSSR count). The van der Waals surface area contributed by atoms with Crippen LogP contribution in [0, 0.1) is 11.8 Å². The van der Waals surface area contributed by atoms with Crippen LogP contribution < -0.4 is 5.32 Å². The number of nitrogens with zero attached hydrogens (tertiary/aromatic N) is 1. The highest BCUT2D eigenvalue weighted by Gasteiger charge is 2.16. The Balaban J connectivity index is 1.72. The maximum atomic E-state index is 3.54. The second kappa shape index (κ2) is 6.65. The summed E-state index contributed by atoms with van der Waals surface area (Å²) in [5.41, 5.74) is 2.81. The normalized spacial score (nSPS) is 16.3. The van der Waals surface area contributed by atoms with Gasteiger partial charge in [0, 0.05) is 24.8 Å². The second-order valence-electron chi connectivity index (χ2n) is 7.04. The molecular weight excluding hydrogens is 256 g/mol. The molecule has 1 aliphatic carbocycles. The molecule has 0 atom stereocenters. The van der Waals surface area contributed by atoms with Gasteiger partial charge in [0.15, 0.2) is 0 Å². The van der Waals surface area contributed by atoms with Gasteiger partial charge in [-0.2, -0.15) is 0 Å². The van der Waals surface area contributed by atoms with Gasteiger partial charge in [-0.3, -0.25) is 0 Å². The van der Waals surface area contributed by atoms with Crippen molar-refractivity contribution in [1.29, 1.82) is 0 Å². The molecule has 0 radical (unpaired) electrons. The number of hydrogen-bond donors (Lipinski definition) is 1. The van der Waals surface area contributed by atoms with Crippen molar-refractivity contribution in [3.05, 3.63) is 36.0 Å². The van der Waals surface area contributed by atoms with Crippen LogP contribution >= 0.6 is 0 Å². The molecule has 0 spiro atoms. The van der Waals surface area contributed by atoms with Gasteiger partial charge in [0.2, 0.25) is 0 Å². The van der Waals surface area contributed by atoms with Crippen molar-refractivity contribution in [2.45, 2.75) is 52.6 Å². The zero-order chi connectivity index (χ0) is 14.7. The van der Waals surface area contributed by atoms with Crippen LogP contribution in [0.15, 0.2) is 30.5 Å². The molecule has 0 saturated heterocycles. The highest BCUT2D eigenvalue weighted by molar-refractivity contribution is 5.80. The van der Waals surface area contributed by atoms with Crippen LogP contribution in [-0.4, -0.2) is 11.1 Å². The fraction of sp³-hybridized carbons (Fsp3) is 0.579. The molecular formula is C19H28N2. The first-order chi connectivity index (χ1) is 10.2. The van der Waals surface area contributed by atoms with Crippen molar-refractivity contribution in [2.75, 3.05) is 6.54 Å². The summed E-state index contributed by atoms with van der Waals surface area (Å²) in [6, 6.07) is 9.16. The van der Waals surface area contributed by atoms with Crippen LogP contribution in [0.2, 0.25) is 0 Å². The molecule has 2 heteroatoms. The molecule has 1 heterocycles. The topological polar surface area (TPSA) is 17.0 Å². The third-order valence-electron chi connectivity index (χ3n) is 4.65. The molecule has 21 heavy (non-hydrogen) atoms. The molecule has 1 aromatic carbocycles. The first-order valence-corrected chi connectivity index (χ1v) is 8.51. The van der Waals surface area contributed by atoms with Gasteiger partial charge in [0.25, 0.3) is 0 Å². The minimum Gasteiger partial charge on any atom is -0.347 e. The van der Waals surface area contributed by atoms with Crippen LogP contribution in [0.25, 0.3) is 10.9 Å². The van der Waals surface area contributed by atoms with E-state index in [9.17, 15) is 0 Å². The number of hydrogen-bond acceptors (Lipinski definition) is 1. The minimum atomic E-state index is 0.708. The van der Waals surface area contributed by atoms with Gasteiger partial charge in [-0.15, -0.1) is 0 Å². The predicted octanol–water partition coefficient (Wildman–Crippen LogP) is 4.58. The van der Waals surface area contributed by atoms with Crippen molar-refractivity contribution < 1.29 is 0 Å². The van der Waals surface area contributed by atoms with Crippen LogP contribution in [0.5, 0.6) is 0 Å². The van der Waals surface area contributed by atoms with E-state index in [1.165, 1.54) is 48.7 Å². The Labute approximate surface area is 128 Å². The molecule has 0 bridgehead atoms. The summed E-state index contributed by atoms with van der Waals surface area (Å²) >= 11 is 0. The zero-order valence-corrected chi connectivity index (χ0v) is 13.4. The first-order valence-electron chi connectivity index (χ1n) is 8.51. The Morgan fingerprint density at radius 3 is 2.76 bits per heavy atom. The van der Waals surface area contributed by atoms with Crippen molar-refractivity contribution in [3.63, 3.8) is 0 Å². The van der Waals surface area contributed by atoms with E-state index < -0.39 is 0 Å². The number of benzene rings is 1. The van der Waals surface area contributed by atoms with E-state index in [1.54, 1.807) is 0 Å². The van der Waals surface area contributed by atoms with Crippen LogP contribution in [0.4, 0.5) is 0 Å². The summed E-state index contributed by atoms with van der Waals surface area (Å²) in [7, 11) is 0. The molecule has 1 saturated carbocycles. The molecule has 2 aromatic rings. The van der Waals surface area contributed by atoms with Gasteiger partial charge in [0.05, 0.1) is 0 Å². The summed E-state index contributed by atoms with van der Waals surface area (Å²) in [5.74, 6) is 1.60. The Kier molecular flexibility index (Phi) is 4.64. The lowest BCUT2D eigenvalue weighted by atomic mass is 10.1. The number of aromatic nitrogens is 1. The van der Waals surface area contributed by atoms with E-state index in [0.717, 1.165) is 19.0 Å². The Morgan fingerprint density at radius 2 is 2.00 bits per heavy atom. The molecule has 1 aromatic heterocycles. The minimum absolute atomic E-state index is 0.708. The molecule has 1 aliphatic rings. The largest absolute Gasteiger partial charge is 0.347 e. The highest BCUT2D eigenvalue weighted by atomic mass is 15.0. The first kappa shape index (κ1) is 14.6. The standard InChI is InChI=1S/C19H28N2/c1-15(2)12-20-13-17-7-8-18-9-10-21(19(18)11-17)14-16-5-3-4-6-16/h7-11,15-16,20H,3-6,12-14H2,1-2H3. The lowest BCUT2D eigenvalue weighted by Gasteiger charge is -2.12. The van der Waals surface area contributed by atoms with Gasteiger partial charge in [-0.1, -0.05) is 38.8 Å². The van der Waals surface area contributed by atoms with E-state index in [0.29, 0.717) is 5.92 Å². The van der Waals surface area contributed by atoms with Crippen molar-refractivity contribution >= 4 is 10.9 Å². The maximum absolute atomic E-state index is 3.54.